The lowest BCUT2D eigenvalue weighted by Gasteiger charge is -2.24. The molecule has 1 fully saturated rings. The van der Waals surface area contributed by atoms with Crippen LogP contribution < -0.4 is 0 Å². The van der Waals surface area contributed by atoms with Gasteiger partial charge in [0.1, 0.15) is 0 Å². The van der Waals surface area contributed by atoms with Crippen molar-refractivity contribution in [3.63, 3.8) is 0 Å². The number of carbonyl (C=O) groups excluding carboxylic acids is 1. The fourth-order valence-corrected chi connectivity index (χ4v) is 2.98. The maximum Gasteiger partial charge on any atom is 0.227 e. The number of amides is 1. The molecule has 2 rings (SSSR count). The highest BCUT2D eigenvalue weighted by atomic mass is 16.3. The van der Waals surface area contributed by atoms with E-state index in [1.807, 2.05) is 4.90 Å². The minimum Gasteiger partial charge on any atom is -0.396 e. The van der Waals surface area contributed by atoms with Crippen LogP contribution in [0.2, 0.25) is 0 Å². The van der Waals surface area contributed by atoms with E-state index in [0.717, 1.165) is 37.8 Å². The van der Waals surface area contributed by atoms with Crippen molar-refractivity contribution in [1.29, 1.82) is 0 Å². The van der Waals surface area contributed by atoms with E-state index in [4.69, 9.17) is 5.11 Å². The van der Waals surface area contributed by atoms with Crippen LogP contribution in [0.25, 0.3) is 0 Å². The lowest BCUT2D eigenvalue weighted by Crippen LogP contribution is -2.36. The number of nitrogens with zero attached hydrogens (tertiary/aromatic N) is 1. The Morgan fingerprint density at radius 1 is 1.35 bits per heavy atom. The molecule has 110 valence electrons. The Morgan fingerprint density at radius 3 is 2.85 bits per heavy atom. The van der Waals surface area contributed by atoms with Crippen molar-refractivity contribution in [1.82, 2.24) is 4.90 Å². The Labute approximate surface area is 121 Å². The van der Waals surface area contributed by atoms with Crippen LogP contribution in [-0.2, 0) is 11.2 Å². The summed E-state index contributed by atoms with van der Waals surface area (Å²) in [5, 5.41) is 8.94. The van der Waals surface area contributed by atoms with Crippen molar-refractivity contribution in [3.8, 4) is 0 Å². The Kier molecular flexibility index (Phi) is 5.18. The van der Waals surface area contributed by atoms with E-state index in [0.29, 0.717) is 12.5 Å². The molecule has 1 unspecified atom stereocenters. The van der Waals surface area contributed by atoms with E-state index in [9.17, 15) is 4.79 Å². The van der Waals surface area contributed by atoms with Gasteiger partial charge in [0.2, 0.25) is 5.91 Å². The zero-order chi connectivity index (χ0) is 14.5. The summed E-state index contributed by atoms with van der Waals surface area (Å²) in [7, 11) is 0. The number of carbonyl (C=O) groups is 1. The first-order valence-corrected chi connectivity index (χ1v) is 7.58. The standard InChI is InChI=1S/C17H25NO2/c1-13-7-8-15(11-14(13)2)12-17(20)18-9-3-5-16(18)6-4-10-19/h7-8,11,16,19H,3-6,9-10,12H2,1-2H3. The third kappa shape index (κ3) is 3.60. The maximum absolute atomic E-state index is 12.4. The predicted molar refractivity (Wildman–Crippen MR) is 80.7 cm³/mol. The van der Waals surface area contributed by atoms with Crippen LogP contribution in [0.3, 0.4) is 0 Å². The van der Waals surface area contributed by atoms with E-state index in [2.05, 4.69) is 32.0 Å². The quantitative estimate of drug-likeness (QED) is 0.897. The number of likely N-dealkylation sites (tertiary alicyclic amines) is 1. The van der Waals surface area contributed by atoms with Gasteiger partial charge in [0.25, 0.3) is 0 Å². The molecule has 1 aromatic rings. The normalized spacial score (nSPS) is 18.6. The molecule has 1 heterocycles. The topological polar surface area (TPSA) is 40.5 Å². The largest absolute Gasteiger partial charge is 0.396 e. The molecule has 1 aliphatic heterocycles. The zero-order valence-electron chi connectivity index (χ0n) is 12.6. The number of hydrogen-bond donors (Lipinski definition) is 1. The molecule has 1 N–H and O–H groups in total. The highest BCUT2D eigenvalue weighted by Gasteiger charge is 2.27. The van der Waals surface area contributed by atoms with Crippen LogP contribution in [0.4, 0.5) is 0 Å². The van der Waals surface area contributed by atoms with E-state index in [-0.39, 0.29) is 12.5 Å². The number of hydrogen-bond acceptors (Lipinski definition) is 2. The van der Waals surface area contributed by atoms with Crippen LogP contribution in [-0.4, -0.2) is 35.1 Å². The molecule has 3 heteroatoms. The second-order valence-electron chi connectivity index (χ2n) is 5.84. The number of rotatable bonds is 5. The minimum atomic E-state index is 0.218. The summed E-state index contributed by atoms with van der Waals surface area (Å²) in [6, 6.07) is 6.59. The second kappa shape index (κ2) is 6.89. The van der Waals surface area contributed by atoms with E-state index >= 15 is 0 Å². The molecule has 1 amide bonds. The fourth-order valence-electron chi connectivity index (χ4n) is 2.98. The van der Waals surface area contributed by atoms with Gasteiger partial charge in [-0.25, -0.2) is 0 Å². The van der Waals surface area contributed by atoms with E-state index in [1.165, 1.54) is 11.1 Å². The smallest absolute Gasteiger partial charge is 0.227 e. The molecule has 0 saturated carbocycles. The van der Waals surface area contributed by atoms with E-state index < -0.39 is 0 Å². The fraction of sp³-hybridized carbons (Fsp3) is 0.588. The molecule has 0 radical (unpaired) electrons. The lowest BCUT2D eigenvalue weighted by molar-refractivity contribution is -0.131. The summed E-state index contributed by atoms with van der Waals surface area (Å²) < 4.78 is 0. The number of aryl methyl sites for hydroxylation is 2. The lowest BCUT2D eigenvalue weighted by atomic mass is 10.0. The summed E-state index contributed by atoms with van der Waals surface area (Å²) in [6.07, 6.45) is 4.39. The molecular weight excluding hydrogens is 250 g/mol. The second-order valence-corrected chi connectivity index (χ2v) is 5.84. The van der Waals surface area contributed by atoms with Gasteiger partial charge >= 0.3 is 0 Å². The van der Waals surface area contributed by atoms with Crippen LogP contribution in [0.15, 0.2) is 18.2 Å². The monoisotopic (exact) mass is 275 g/mol. The van der Waals surface area contributed by atoms with Gasteiger partial charge in [-0.15, -0.1) is 0 Å². The summed E-state index contributed by atoms with van der Waals surface area (Å²) in [5.41, 5.74) is 3.61. The van der Waals surface area contributed by atoms with Gasteiger partial charge in [0.05, 0.1) is 6.42 Å². The SMILES string of the molecule is Cc1ccc(CC(=O)N2CCCC2CCCO)cc1C. The number of aliphatic hydroxyl groups is 1. The maximum atomic E-state index is 12.4. The van der Waals surface area contributed by atoms with Crippen molar-refractivity contribution in [3.05, 3.63) is 34.9 Å². The summed E-state index contributed by atoms with van der Waals surface area (Å²) in [5.74, 6) is 0.230. The molecule has 0 spiro atoms. The molecule has 1 atom stereocenters. The van der Waals surface area contributed by atoms with Crippen molar-refractivity contribution < 1.29 is 9.90 Å². The Balaban J connectivity index is 1.98. The molecule has 0 bridgehead atoms. The van der Waals surface area contributed by atoms with Gasteiger partial charge < -0.3 is 10.0 Å². The number of aliphatic hydroxyl groups excluding tert-OH is 1. The highest BCUT2D eigenvalue weighted by Crippen LogP contribution is 2.22. The summed E-state index contributed by atoms with van der Waals surface area (Å²) in [6.45, 7) is 5.27. The van der Waals surface area contributed by atoms with Crippen molar-refractivity contribution in [2.75, 3.05) is 13.2 Å². The molecule has 1 aliphatic rings. The highest BCUT2D eigenvalue weighted by molar-refractivity contribution is 5.79. The molecule has 0 aliphatic carbocycles. The first-order valence-electron chi connectivity index (χ1n) is 7.58. The van der Waals surface area contributed by atoms with Crippen molar-refractivity contribution >= 4 is 5.91 Å². The van der Waals surface area contributed by atoms with Gasteiger partial charge in [-0.1, -0.05) is 18.2 Å². The first kappa shape index (κ1) is 15.0. The van der Waals surface area contributed by atoms with E-state index in [1.54, 1.807) is 0 Å². The third-order valence-corrected chi connectivity index (χ3v) is 4.32. The zero-order valence-corrected chi connectivity index (χ0v) is 12.6. The average molecular weight is 275 g/mol. The van der Waals surface area contributed by atoms with Gasteiger partial charge in [-0.3, -0.25) is 4.79 Å². The van der Waals surface area contributed by atoms with Gasteiger partial charge in [-0.05, 0) is 56.2 Å². The summed E-state index contributed by atoms with van der Waals surface area (Å²) in [4.78, 5) is 14.5. The molecule has 20 heavy (non-hydrogen) atoms. The Morgan fingerprint density at radius 2 is 2.15 bits per heavy atom. The van der Waals surface area contributed by atoms with Crippen molar-refractivity contribution in [2.24, 2.45) is 0 Å². The van der Waals surface area contributed by atoms with Gasteiger partial charge in [-0.2, -0.15) is 0 Å². The Bertz CT molecular complexity index is 470. The third-order valence-electron chi connectivity index (χ3n) is 4.32. The molecule has 1 aromatic carbocycles. The summed E-state index contributed by atoms with van der Waals surface area (Å²) >= 11 is 0. The molecular formula is C17H25NO2. The molecule has 0 aromatic heterocycles. The van der Waals surface area contributed by atoms with Gasteiger partial charge in [0, 0.05) is 19.2 Å². The average Bonchev–Trinajstić information content (AvgIpc) is 2.89. The predicted octanol–water partition coefficient (Wildman–Crippen LogP) is 2.61. The van der Waals surface area contributed by atoms with Gasteiger partial charge in [0.15, 0.2) is 0 Å². The van der Waals surface area contributed by atoms with Crippen LogP contribution in [0, 0.1) is 13.8 Å². The van der Waals surface area contributed by atoms with Crippen LogP contribution >= 0.6 is 0 Å². The van der Waals surface area contributed by atoms with Crippen molar-refractivity contribution in [2.45, 2.75) is 52.0 Å². The number of benzene rings is 1. The molecule has 3 nitrogen and oxygen atoms in total. The van der Waals surface area contributed by atoms with Crippen LogP contribution in [0.5, 0.6) is 0 Å². The first-order chi connectivity index (χ1) is 9.61. The van der Waals surface area contributed by atoms with Crippen LogP contribution in [0.1, 0.15) is 42.4 Å². The Hall–Kier alpha value is -1.35. The minimum absolute atomic E-state index is 0.218. The molecule has 1 saturated heterocycles.